The van der Waals surface area contributed by atoms with Gasteiger partial charge in [-0.1, -0.05) is 200 Å². The minimum atomic E-state index is -0.541. The summed E-state index contributed by atoms with van der Waals surface area (Å²) in [7, 11) is 0. The van der Waals surface area contributed by atoms with Crippen molar-refractivity contribution in [1.29, 1.82) is 0 Å². The highest BCUT2D eigenvalue weighted by Gasteiger charge is 2.51. The third-order valence-corrected chi connectivity index (χ3v) is 13.6. The summed E-state index contributed by atoms with van der Waals surface area (Å²) in [6.07, 6.45) is 0. The summed E-state index contributed by atoms with van der Waals surface area (Å²) >= 11 is 0. The van der Waals surface area contributed by atoms with Crippen LogP contribution in [0.2, 0.25) is 0 Å². The molecule has 0 bridgehead atoms. The van der Waals surface area contributed by atoms with Gasteiger partial charge in [-0.25, -0.2) is 0 Å². The Hall–Kier alpha value is -8.20. The molecular weight excluding hydrogens is 761 g/mol. The van der Waals surface area contributed by atoms with Crippen LogP contribution in [-0.2, 0) is 5.41 Å². The topological polar surface area (TPSA) is 8.17 Å². The van der Waals surface area contributed by atoms with Gasteiger partial charge in [-0.3, -0.25) is 0 Å². The van der Waals surface area contributed by atoms with Crippen molar-refractivity contribution in [2.45, 2.75) is 5.41 Å². The normalized spacial score (nSPS) is 14.4. The second-order valence-electron chi connectivity index (χ2n) is 16.8. The van der Waals surface area contributed by atoms with Gasteiger partial charge in [-0.2, -0.15) is 0 Å². The average Bonchev–Trinajstić information content (AvgIpc) is 3.86. The van der Waals surface area contributed by atoms with Crippen LogP contribution in [-0.4, -0.2) is 4.57 Å². The Bertz CT molecular complexity index is 3530. The summed E-state index contributed by atoms with van der Waals surface area (Å²) < 4.78 is 2.52. The fraction of sp³-hybridized carbons (Fsp3) is 0.0164. The number of benzene rings is 10. The van der Waals surface area contributed by atoms with Crippen LogP contribution in [0.25, 0.3) is 72.0 Å². The first-order valence-corrected chi connectivity index (χ1v) is 21.8. The molecule has 0 amide bonds. The molecule has 10 aromatic carbocycles. The number of fused-ring (bicyclic) bond motifs is 12. The number of rotatable bonds is 6. The first-order chi connectivity index (χ1) is 31.3. The summed E-state index contributed by atoms with van der Waals surface area (Å²) in [5.41, 5.74) is 21.6. The van der Waals surface area contributed by atoms with E-state index in [0.29, 0.717) is 0 Å². The highest BCUT2D eigenvalue weighted by Crippen LogP contribution is 2.63. The quantitative estimate of drug-likeness (QED) is 0.163. The van der Waals surface area contributed by atoms with E-state index in [1.165, 1.54) is 94.3 Å². The molecule has 1 aromatic heterocycles. The van der Waals surface area contributed by atoms with E-state index in [1.807, 2.05) is 0 Å². The number of para-hydroxylation sites is 3. The van der Waals surface area contributed by atoms with Crippen molar-refractivity contribution in [3.63, 3.8) is 0 Å². The third-order valence-electron chi connectivity index (χ3n) is 13.6. The predicted octanol–water partition coefficient (Wildman–Crippen LogP) is 15.9. The summed E-state index contributed by atoms with van der Waals surface area (Å²) in [4.78, 5) is 2.47. The first kappa shape index (κ1) is 35.5. The van der Waals surface area contributed by atoms with Crippen molar-refractivity contribution >= 4 is 38.9 Å². The minimum absolute atomic E-state index is 0.541. The van der Waals surface area contributed by atoms with Crippen molar-refractivity contribution in [3.05, 3.63) is 265 Å². The molecule has 63 heavy (non-hydrogen) atoms. The van der Waals surface area contributed by atoms with Crippen LogP contribution in [0.3, 0.4) is 0 Å². The number of aromatic nitrogens is 1. The van der Waals surface area contributed by atoms with E-state index in [0.717, 1.165) is 17.1 Å². The third kappa shape index (κ3) is 5.19. The fourth-order valence-corrected chi connectivity index (χ4v) is 10.9. The summed E-state index contributed by atoms with van der Waals surface area (Å²) in [6.45, 7) is 0. The molecule has 1 aliphatic heterocycles. The lowest BCUT2D eigenvalue weighted by molar-refractivity contribution is 0.748. The molecule has 0 saturated carbocycles. The molecule has 0 fully saturated rings. The van der Waals surface area contributed by atoms with Gasteiger partial charge in [0.25, 0.3) is 0 Å². The van der Waals surface area contributed by atoms with Crippen LogP contribution in [0, 0.1) is 0 Å². The largest absolute Gasteiger partial charge is 0.310 e. The molecular formula is C61H40N2. The van der Waals surface area contributed by atoms with E-state index in [4.69, 9.17) is 0 Å². The van der Waals surface area contributed by atoms with Crippen LogP contribution in [0.15, 0.2) is 243 Å². The number of hydrogen-bond acceptors (Lipinski definition) is 1. The lowest BCUT2D eigenvalue weighted by Gasteiger charge is -2.39. The number of nitrogens with zero attached hydrogens (tertiary/aromatic N) is 2. The fourth-order valence-electron chi connectivity index (χ4n) is 10.9. The van der Waals surface area contributed by atoms with Gasteiger partial charge in [0.05, 0.1) is 27.8 Å². The molecule has 13 rings (SSSR count). The second kappa shape index (κ2) is 13.9. The molecule has 2 aliphatic rings. The molecule has 1 atom stereocenters. The van der Waals surface area contributed by atoms with Gasteiger partial charge in [0, 0.05) is 27.7 Å². The van der Waals surface area contributed by atoms with Crippen molar-refractivity contribution in [2.75, 3.05) is 4.90 Å². The molecule has 2 heterocycles. The van der Waals surface area contributed by atoms with E-state index >= 15 is 0 Å². The van der Waals surface area contributed by atoms with Crippen LogP contribution in [0.5, 0.6) is 0 Å². The lowest BCUT2D eigenvalue weighted by Crippen LogP contribution is -2.33. The molecule has 0 radical (unpaired) electrons. The molecule has 1 unspecified atom stereocenters. The Morgan fingerprint density at radius 1 is 0.317 bits per heavy atom. The van der Waals surface area contributed by atoms with Gasteiger partial charge in [-0.15, -0.1) is 0 Å². The molecule has 1 aliphatic carbocycles. The molecule has 1 spiro atoms. The Morgan fingerprint density at radius 2 is 0.778 bits per heavy atom. The summed E-state index contributed by atoms with van der Waals surface area (Å²) in [5.74, 6) is 0. The highest BCUT2D eigenvalue weighted by atomic mass is 15.1. The van der Waals surface area contributed by atoms with E-state index < -0.39 is 5.41 Å². The van der Waals surface area contributed by atoms with Gasteiger partial charge < -0.3 is 9.47 Å². The maximum Gasteiger partial charge on any atom is 0.0755 e. The van der Waals surface area contributed by atoms with Gasteiger partial charge in [0.15, 0.2) is 0 Å². The van der Waals surface area contributed by atoms with Gasteiger partial charge in [0.1, 0.15) is 0 Å². The van der Waals surface area contributed by atoms with E-state index in [9.17, 15) is 0 Å². The standard InChI is InChI=1S/C61H40N2/c1-3-15-41(16-4-1)43-29-31-44(32-30-43)46-35-39-48(40-36-46)62(47-37-33-45(34-38-47)42-17-5-2-6-18-42)58-28-14-24-54-59(58)51-20-7-9-22-52(51)61(54)53-23-10-12-27-57(53)63-56-26-11-8-19-49(56)50-21-13-25-55(61)60(50)63/h1-40H. The smallest absolute Gasteiger partial charge is 0.0755 e. The lowest BCUT2D eigenvalue weighted by atomic mass is 9.65. The Balaban J connectivity index is 1.03. The van der Waals surface area contributed by atoms with Gasteiger partial charge in [-0.05, 0) is 104 Å². The van der Waals surface area contributed by atoms with Crippen molar-refractivity contribution in [2.24, 2.45) is 0 Å². The zero-order valence-corrected chi connectivity index (χ0v) is 34.5. The SMILES string of the molecule is c1ccc(-c2ccc(-c3ccc(N(c4ccc(-c5ccccc5)cc4)c4cccc5c4-c4ccccc4C54c5ccccc5-n5c6ccccc6c6cccc4c65)cc3)cc2)cc1. The Morgan fingerprint density at radius 3 is 1.43 bits per heavy atom. The summed E-state index contributed by atoms with van der Waals surface area (Å²) in [5, 5.41) is 2.57. The number of anilines is 3. The molecule has 294 valence electrons. The molecule has 0 saturated heterocycles. The molecule has 2 nitrogen and oxygen atoms in total. The predicted molar refractivity (Wildman–Crippen MR) is 263 cm³/mol. The Labute approximate surface area is 367 Å². The minimum Gasteiger partial charge on any atom is -0.310 e. The van der Waals surface area contributed by atoms with Crippen molar-refractivity contribution in [1.82, 2.24) is 4.57 Å². The Kier molecular flexibility index (Phi) is 7.85. The first-order valence-electron chi connectivity index (χ1n) is 21.8. The molecule has 0 N–H and O–H groups in total. The van der Waals surface area contributed by atoms with Crippen LogP contribution in [0.1, 0.15) is 22.3 Å². The monoisotopic (exact) mass is 800 g/mol. The van der Waals surface area contributed by atoms with Crippen LogP contribution >= 0.6 is 0 Å². The maximum atomic E-state index is 2.52. The van der Waals surface area contributed by atoms with E-state index in [-0.39, 0.29) is 0 Å². The van der Waals surface area contributed by atoms with Crippen LogP contribution in [0.4, 0.5) is 17.1 Å². The van der Waals surface area contributed by atoms with Gasteiger partial charge in [0.2, 0.25) is 0 Å². The van der Waals surface area contributed by atoms with Crippen LogP contribution < -0.4 is 4.90 Å². The zero-order valence-electron chi connectivity index (χ0n) is 34.5. The number of hydrogen-bond donors (Lipinski definition) is 0. The second-order valence-corrected chi connectivity index (χ2v) is 16.8. The van der Waals surface area contributed by atoms with E-state index in [2.05, 4.69) is 252 Å². The summed E-state index contributed by atoms with van der Waals surface area (Å²) in [6, 6.07) is 89.5. The average molecular weight is 801 g/mol. The highest BCUT2D eigenvalue weighted by molar-refractivity contribution is 6.13. The van der Waals surface area contributed by atoms with E-state index in [1.54, 1.807) is 0 Å². The maximum absolute atomic E-state index is 2.52. The van der Waals surface area contributed by atoms with Crippen molar-refractivity contribution < 1.29 is 0 Å². The zero-order chi connectivity index (χ0) is 41.5. The molecule has 2 heteroatoms. The van der Waals surface area contributed by atoms with Crippen molar-refractivity contribution in [3.8, 4) is 50.2 Å². The molecule has 11 aromatic rings. The van der Waals surface area contributed by atoms with Gasteiger partial charge >= 0.3 is 0 Å².